The highest BCUT2D eigenvalue weighted by Crippen LogP contribution is 2.22. The SMILES string of the molecule is O=C(CN1CCCC(C(=O)NC2CC2)C1)Nc1ccc(F)cc1. The van der Waals surface area contributed by atoms with Crippen LogP contribution in [0.15, 0.2) is 24.3 Å². The Morgan fingerprint density at radius 2 is 1.91 bits per heavy atom. The molecule has 0 spiro atoms. The Balaban J connectivity index is 1.47. The van der Waals surface area contributed by atoms with Crippen molar-refractivity contribution in [3.05, 3.63) is 30.1 Å². The number of nitrogens with zero attached hydrogens (tertiary/aromatic N) is 1. The summed E-state index contributed by atoms with van der Waals surface area (Å²) in [7, 11) is 0. The Bertz CT molecular complexity index is 572. The minimum Gasteiger partial charge on any atom is -0.353 e. The minimum absolute atomic E-state index is 0.0250. The molecule has 0 aromatic heterocycles. The molecular formula is C17H22FN3O2. The first-order valence-corrected chi connectivity index (χ1v) is 8.18. The number of nitrogens with one attached hydrogen (secondary N) is 2. The van der Waals surface area contributed by atoms with Crippen molar-refractivity contribution < 1.29 is 14.0 Å². The van der Waals surface area contributed by atoms with E-state index in [0.717, 1.165) is 32.2 Å². The maximum atomic E-state index is 12.9. The van der Waals surface area contributed by atoms with Gasteiger partial charge in [-0.05, 0) is 56.5 Å². The van der Waals surface area contributed by atoms with Crippen molar-refractivity contribution in [1.29, 1.82) is 0 Å². The van der Waals surface area contributed by atoms with Crippen molar-refractivity contribution in [3.63, 3.8) is 0 Å². The maximum Gasteiger partial charge on any atom is 0.238 e. The van der Waals surface area contributed by atoms with Gasteiger partial charge < -0.3 is 10.6 Å². The second kappa shape index (κ2) is 7.08. The van der Waals surface area contributed by atoms with Crippen LogP contribution in [0.1, 0.15) is 25.7 Å². The summed E-state index contributed by atoms with van der Waals surface area (Å²) in [5.74, 6) is -0.373. The van der Waals surface area contributed by atoms with Crippen molar-refractivity contribution in [2.75, 3.05) is 25.0 Å². The van der Waals surface area contributed by atoms with Crippen molar-refractivity contribution >= 4 is 17.5 Å². The molecule has 1 saturated heterocycles. The third kappa shape index (κ3) is 4.76. The first kappa shape index (κ1) is 15.9. The molecule has 0 bridgehead atoms. The van der Waals surface area contributed by atoms with E-state index in [9.17, 15) is 14.0 Å². The summed E-state index contributed by atoms with van der Waals surface area (Å²) in [6.45, 7) is 1.70. The Morgan fingerprint density at radius 1 is 1.17 bits per heavy atom. The van der Waals surface area contributed by atoms with Crippen molar-refractivity contribution in [1.82, 2.24) is 10.2 Å². The molecule has 2 N–H and O–H groups in total. The second-order valence-electron chi connectivity index (χ2n) is 6.41. The van der Waals surface area contributed by atoms with Gasteiger partial charge in [-0.2, -0.15) is 0 Å². The average molecular weight is 319 g/mol. The van der Waals surface area contributed by atoms with E-state index in [4.69, 9.17) is 0 Å². The summed E-state index contributed by atoms with van der Waals surface area (Å²) >= 11 is 0. The van der Waals surface area contributed by atoms with Gasteiger partial charge in [0.2, 0.25) is 11.8 Å². The number of benzene rings is 1. The Labute approximate surface area is 135 Å². The number of hydrogen-bond acceptors (Lipinski definition) is 3. The van der Waals surface area contributed by atoms with E-state index in [-0.39, 0.29) is 30.1 Å². The van der Waals surface area contributed by atoms with Crippen molar-refractivity contribution in [2.24, 2.45) is 5.92 Å². The van der Waals surface area contributed by atoms with Crippen LogP contribution in [0.2, 0.25) is 0 Å². The minimum atomic E-state index is -0.330. The summed E-state index contributed by atoms with van der Waals surface area (Å²) in [6, 6.07) is 6.08. The summed E-state index contributed by atoms with van der Waals surface area (Å²) in [4.78, 5) is 26.2. The van der Waals surface area contributed by atoms with E-state index in [1.165, 1.54) is 24.3 Å². The molecule has 6 heteroatoms. The van der Waals surface area contributed by atoms with Crippen LogP contribution in [0.3, 0.4) is 0 Å². The van der Waals surface area contributed by atoms with Crippen molar-refractivity contribution in [3.8, 4) is 0 Å². The lowest BCUT2D eigenvalue weighted by atomic mass is 9.97. The first-order chi connectivity index (χ1) is 11.1. The molecule has 1 unspecified atom stereocenters. The van der Waals surface area contributed by atoms with E-state index >= 15 is 0 Å². The Hall–Kier alpha value is -1.95. The predicted molar refractivity (Wildman–Crippen MR) is 85.4 cm³/mol. The molecule has 1 aliphatic heterocycles. The molecule has 2 fully saturated rings. The van der Waals surface area contributed by atoms with Gasteiger partial charge in [-0.15, -0.1) is 0 Å². The van der Waals surface area contributed by atoms with Crippen LogP contribution in [0.5, 0.6) is 0 Å². The highest BCUT2D eigenvalue weighted by molar-refractivity contribution is 5.92. The number of amides is 2. The zero-order valence-corrected chi connectivity index (χ0v) is 13.1. The molecule has 1 aromatic rings. The molecule has 1 aliphatic carbocycles. The van der Waals surface area contributed by atoms with Crippen LogP contribution in [0.25, 0.3) is 0 Å². The fourth-order valence-corrected chi connectivity index (χ4v) is 2.90. The van der Waals surface area contributed by atoms with Crippen LogP contribution < -0.4 is 10.6 Å². The number of rotatable bonds is 5. The van der Waals surface area contributed by atoms with Gasteiger partial charge in [-0.1, -0.05) is 0 Å². The van der Waals surface area contributed by atoms with Crippen molar-refractivity contribution in [2.45, 2.75) is 31.7 Å². The molecule has 2 amide bonds. The summed E-state index contributed by atoms with van der Waals surface area (Å²) in [5, 5.41) is 5.80. The molecule has 124 valence electrons. The molecule has 5 nitrogen and oxygen atoms in total. The van der Waals surface area contributed by atoms with E-state index < -0.39 is 0 Å². The van der Waals surface area contributed by atoms with Gasteiger partial charge in [0.05, 0.1) is 12.5 Å². The topological polar surface area (TPSA) is 61.4 Å². The maximum absolute atomic E-state index is 12.9. The first-order valence-electron chi connectivity index (χ1n) is 8.18. The summed E-state index contributed by atoms with van der Waals surface area (Å²) in [5.41, 5.74) is 0.580. The van der Waals surface area contributed by atoms with E-state index in [1.807, 2.05) is 4.90 Å². The smallest absolute Gasteiger partial charge is 0.238 e. The fourth-order valence-electron chi connectivity index (χ4n) is 2.90. The average Bonchev–Trinajstić information content (AvgIpc) is 3.34. The lowest BCUT2D eigenvalue weighted by molar-refractivity contribution is -0.128. The van der Waals surface area contributed by atoms with Crippen LogP contribution in [-0.4, -0.2) is 42.4 Å². The summed E-state index contributed by atoms with van der Waals surface area (Å²) < 4.78 is 12.9. The quantitative estimate of drug-likeness (QED) is 0.869. The second-order valence-corrected chi connectivity index (χ2v) is 6.41. The third-order valence-electron chi connectivity index (χ3n) is 4.30. The zero-order valence-electron chi connectivity index (χ0n) is 13.1. The van der Waals surface area contributed by atoms with Gasteiger partial charge >= 0.3 is 0 Å². The Kier molecular flexibility index (Phi) is 4.91. The molecule has 1 aromatic carbocycles. The predicted octanol–water partition coefficient (Wildman–Crippen LogP) is 1.75. The van der Waals surface area contributed by atoms with Crippen LogP contribution >= 0.6 is 0 Å². The number of halogens is 1. The zero-order chi connectivity index (χ0) is 16.2. The van der Waals surface area contributed by atoms with E-state index in [0.29, 0.717) is 18.3 Å². The van der Waals surface area contributed by atoms with Crippen LogP contribution in [-0.2, 0) is 9.59 Å². The standard InChI is InChI=1S/C17H22FN3O2/c18-13-3-5-14(6-4-13)19-16(22)11-21-9-1-2-12(10-21)17(23)20-15-7-8-15/h3-6,12,15H,1-2,7-11H2,(H,19,22)(H,20,23). The largest absolute Gasteiger partial charge is 0.353 e. The number of carbonyl (C=O) groups excluding carboxylic acids is 2. The van der Waals surface area contributed by atoms with Gasteiger partial charge in [0.25, 0.3) is 0 Å². The monoisotopic (exact) mass is 319 g/mol. The van der Waals surface area contributed by atoms with Gasteiger partial charge in [0, 0.05) is 18.3 Å². The van der Waals surface area contributed by atoms with Gasteiger partial charge in [0.15, 0.2) is 0 Å². The summed E-state index contributed by atoms with van der Waals surface area (Å²) in [6.07, 6.45) is 3.98. The van der Waals surface area contributed by atoms with E-state index in [1.54, 1.807) is 0 Å². The normalized spacial score (nSPS) is 21.7. The molecule has 0 radical (unpaired) electrons. The number of hydrogen-bond donors (Lipinski definition) is 2. The van der Waals surface area contributed by atoms with E-state index in [2.05, 4.69) is 10.6 Å². The number of likely N-dealkylation sites (tertiary alicyclic amines) is 1. The van der Waals surface area contributed by atoms with Crippen LogP contribution in [0, 0.1) is 11.7 Å². The third-order valence-corrected chi connectivity index (χ3v) is 4.30. The molecule has 3 rings (SSSR count). The molecule has 1 saturated carbocycles. The van der Waals surface area contributed by atoms with Gasteiger partial charge in [-0.25, -0.2) is 4.39 Å². The molecule has 1 atom stereocenters. The number of anilines is 1. The van der Waals surface area contributed by atoms with Crippen LogP contribution in [0.4, 0.5) is 10.1 Å². The molecule has 2 aliphatic rings. The van der Waals surface area contributed by atoms with Gasteiger partial charge in [0.1, 0.15) is 5.82 Å². The molecule has 1 heterocycles. The molecular weight excluding hydrogens is 297 g/mol. The highest BCUT2D eigenvalue weighted by atomic mass is 19.1. The Morgan fingerprint density at radius 3 is 2.61 bits per heavy atom. The molecule has 23 heavy (non-hydrogen) atoms. The lowest BCUT2D eigenvalue weighted by Crippen LogP contribution is -2.45. The number of piperidine rings is 1. The highest BCUT2D eigenvalue weighted by Gasteiger charge is 2.30. The fraction of sp³-hybridized carbons (Fsp3) is 0.529. The lowest BCUT2D eigenvalue weighted by Gasteiger charge is -2.31. The van der Waals surface area contributed by atoms with Gasteiger partial charge in [-0.3, -0.25) is 14.5 Å². The number of carbonyl (C=O) groups is 2.